The Kier molecular flexibility index (Phi) is 5.45. The third kappa shape index (κ3) is 3.65. The average molecular weight is 620 g/mol. The van der Waals surface area contributed by atoms with Crippen LogP contribution in [0.1, 0.15) is 0 Å². The van der Waals surface area contributed by atoms with Crippen LogP contribution in [0.15, 0.2) is 176 Å². The molecule has 1 aromatic heterocycles. The Morgan fingerprint density at radius 2 is 0.776 bits per heavy atom. The molecule has 9 aromatic carbocycles. The minimum Gasteiger partial charge on any atom is -0.309 e. The summed E-state index contributed by atoms with van der Waals surface area (Å²) in [6, 6.07) is 64.9. The molecule has 1 nitrogen and oxygen atoms in total. The average Bonchev–Trinajstić information content (AvgIpc) is 3.45. The van der Waals surface area contributed by atoms with E-state index in [0.717, 1.165) is 0 Å². The number of benzene rings is 9. The van der Waals surface area contributed by atoms with E-state index in [1.54, 1.807) is 0 Å². The first kappa shape index (κ1) is 26.6. The molecule has 0 saturated heterocycles. The van der Waals surface area contributed by atoms with Gasteiger partial charge in [-0.05, 0) is 101 Å². The Bertz CT molecular complexity index is 2910. The third-order valence-electron chi connectivity index (χ3n) is 10.7. The molecule has 226 valence electrons. The summed E-state index contributed by atoms with van der Waals surface area (Å²) in [7, 11) is 0. The van der Waals surface area contributed by atoms with E-state index >= 15 is 0 Å². The van der Waals surface area contributed by atoms with E-state index in [4.69, 9.17) is 0 Å². The molecule has 1 aliphatic carbocycles. The van der Waals surface area contributed by atoms with Crippen molar-refractivity contribution in [2.45, 2.75) is 0 Å². The SMILES string of the molecule is c1ccc(-c2c3ccccc3c(-c3ccc(-n4c5cccc6c5c5c7c(cccc7ccc54)-c4ccccc4-6)cc3)c3ccccc23)cc1. The van der Waals surface area contributed by atoms with Crippen LogP contribution in [-0.4, -0.2) is 4.57 Å². The minimum atomic E-state index is 1.17. The lowest BCUT2D eigenvalue weighted by atomic mass is 9.86. The van der Waals surface area contributed by atoms with Gasteiger partial charge in [0, 0.05) is 16.5 Å². The molecule has 1 aliphatic rings. The molecule has 0 saturated carbocycles. The standard InChI is InChI=1S/C48H29N/c1-2-12-30(13-3-1)44-38-17-6-8-19-40(38)45(41-20-9-7-18-39(41)44)32-24-27-33(28-25-32)49-42-23-11-22-37-35-16-5-4-15-34(35)36-21-10-14-31-26-29-43(49)48(46(31)36)47(37)42/h1-29H. The fourth-order valence-corrected chi connectivity index (χ4v) is 8.74. The molecular weight excluding hydrogens is 591 g/mol. The molecule has 1 heteroatoms. The second kappa shape index (κ2) is 10.0. The zero-order valence-corrected chi connectivity index (χ0v) is 26.7. The maximum absolute atomic E-state index is 2.47. The van der Waals surface area contributed by atoms with E-state index in [2.05, 4.69) is 180 Å². The number of nitrogens with zero attached hydrogens (tertiary/aromatic N) is 1. The van der Waals surface area contributed by atoms with Gasteiger partial charge in [-0.25, -0.2) is 0 Å². The zero-order chi connectivity index (χ0) is 32.1. The number of rotatable bonds is 3. The predicted octanol–water partition coefficient (Wildman–Crippen LogP) is 13.2. The summed E-state index contributed by atoms with van der Waals surface area (Å²) in [6.45, 7) is 0. The second-order valence-electron chi connectivity index (χ2n) is 13.2. The van der Waals surface area contributed by atoms with Crippen molar-refractivity contribution in [1.29, 1.82) is 0 Å². The van der Waals surface area contributed by atoms with Crippen molar-refractivity contribution in [2.24, 2.45) is 0 Å². The van der Waals surface area contributed by atoms with E-state index in [1.165, 1.54) is 104 Å². The Morgan fingerprint density at radius 1 is 0.286 bits per heavy atom. The highest BCUT2D eigenvalue weighted by Gasteiger charge is 2.24. The molecule has 0 bridgehead atoms. The van der Waals surface area contributed by atoms with Gasteiger partial charge in [-0.2, -0.15) is 0 Å². The van der Waals surface area contributed by atoms with Crippen LogP contribution in [0.25, 0.3) is 104 Å². The molecule has 0 atom stereocenters. The van der Waals surface area contributed by atoms with Crippen molar-refractivity contribution in [1.82, 2.24) is 4.57 Å². The van der Waals surface area contributed by atoms with Gasteiger partial charge in [-0.1, -0.05) is 152 Å². The number of hydrogen-bond acceptors (Lipinski definition) is 0. The zero-order valence-electron chi connectivity index (χ0n) is 26.7. The van der Waals surface area contributed by atoms with Crippen molar-refractivity contribution in [2.75, 3.05) is 0 Å². The van der Waals surface area contributed by atoms with E-state index in [0.29, 0.717) is 0 Å². The molecule has 0 amide bonds. The first-order chi connectivity index (χ1) is 24.3. The summed E-state index contributed by atoms with van der Waals surface area (Å²) in [5, 5.41) is 10.4. The highest BCUT2D eigenvalue weighted by Crippen LogP contribution is 2.50. The molecule has 0 radical (unpaired) electrons. The normalized spacial score (nSPS) is 12.1. The van der Waals surface area contributed by atoms with Gasteiger partial charge in [0.05, 0.1) is 11.0 Å². The summed E-state index contributed by atoms with van der Waals surface area (Å²) in [5.74, 6) is 0. The van der Waals surface area contributed by atoms with Crippen molar-refractivity contribution in [3.05, 3.63) is 176 Å². The van der Waals surface area contributed by atoms with Crippen LogP contribution < -0.4 is 0 Å². The molecule has 0 aliphatic heterocycles. The Morgan fingerprint density at radius 3 is 1.41 bits per heavy atom. The fourth-order valence-electron chi connectivity index (χ4n) is 8.74. The first-order valence-electron chi connectivity index (χ1n) is 17.0. The summed E-state index contributed by atoms with van der Waals surface area (Å²) >= 11 is 0. The van der Waals surface area contributed by atoms with Gasteiger partial charge >= 0.3 is 0 Å². The maximum Gasteiger partial charge on any atom is 0.0547 e. The Hall–Kier alpha value is -6.44. The van der Waals surface area contributed by atoms with Crippen molar-refractivity contribution in [3.63, 3.8) is 0 Å². The van der Waals surface area contributed by atoms with Gasteiger partial charge in [-0.15, -0.1) is 0 Å². The molecule has 0 spiro atoms. The number of fused-ring (bicyclic) bond motifs is 5. The summed E-state index contributed by atoms with van der Waals surface area (Å²) < 4.78 is 2.47. The molecule has 1 heterocycles. The largest absolute Gasteiger partial charge is 0.309 e. The minimum absolute atomic E-state index is 1.17. The van der Waals surface area contributed by atoms with E-state index < -0.39 is 0 Å². The monoisotopic (exact) mass is 619 g/mol. The van der Waals surface area contributed by atoms with Crippen LogP contribution in [0.2, 0.25) is 0 Å². The van der Waals surface area contributed by atoms with Gasteiger partial charge in [0.2, 0.25) is 0 Å². The van der Waals surface area contributed by atoms with E-state index in [-0.39, 0.29) is 0 Å². The molecule has 0 fully saturated rings. The summed E-state index contributed by atoms with van der Waals surface area (Å²) in [5.41, 5.74) is 13.9. The Labute approximate surface area is 283 Å². The number of aromatic nitrogens is 1. The predicted molar refractivity (Wildman–Crippen MR) is 209 cm³/mol. The van der Waals surface area contributed by atoms with Crippen molar-refractivity contribution < 1.29 is 0 Å². The van der Waals surface area contributed by atoms with Crippen LogP contribution >= 0.6 is 0 Å². The highest BCUT2D eigenvalue weighted by atomic mass is 15.0. The quantitative estimate of drug-likeness (QED) is 0.173. The first-order valence-corrected chi connectivity index (χ1v) is 17.0. The fraction of sp³-hybridized carbons (Fsp3) is 0. The highest BCUT2D eigenvalue weighted by molar-refractivity contribution is 6.30. The third-order valence-corrected chi connectivity index (χ3v) is 10.7. The van der Waals surface area contributed by atoms with E-state index in [1.807, 2.05) is 0 Å². The smallest absolute Gasteiger partial charge is 0.0547 e. The van der Waals surface area contributed by atoms with Crippen molar-refractivity contribution >= 4 is 54.1 Å². The number of hydrogen-bond donors (Lipinski definition) is 0. The topological polar surface area (TPSA) is 4.93 Å². The van der Waals surface area contributed by atoms with Gasteiger partial charge in [0.15, 0.2) is 0 Å². The second-order valence-corrected chi connectivity index (χ2v) is 13.2. The lowest BCUT2D eigenvalue weighted by molar-refractivity contribution is 1.18. The van der Waals surface area contributed by atoms with Crippen LogP contribution in [0.4, 0.5) is 0 Å². The van der Waals surface area contributed by atoms with Crippen LogP contribution in [-0.2, 0) is 0 Å². The van der Waals surface area contributed by atoms with Gasteiger partial charge in [-0.3, -0.25) is 0 Å². The Balaban J connectivity index is 1.17. The van der Waals surface area contributed by atoms with Crippen LogP contribution in [0.5, 0.6) is 0 Å². The molecule has 0 N–H and O–H groups in total. The van der Waals surface area contributed by atoms with Crippen LogP contribution in [0.3, 0.4) is 0 Å². The molecule has 10 aromatic rings. The maximum atomic E-state index is 2.47. The molecule has 0 unspecified atom stereocenters. The lowest BCUT2D eigenvalue weighted by Crippen LogP contribution is -1.95. The molecule has 49 heavy (non-hydrogen) atoms. The molecule has 11 rings (SSSR count). The molecular formula is C48H29N. The van der Waals surface area contributed by atoms with Gasteiger partial charge in [0.1, 0.15) is 0 Å². The lowest BCUT2D eigenvalue weighted by Gasteiger charge is -2.18. The van der Waals surface area contributed by atoms with Gasteiger partial charge < -0.3 is 4.57 Å². The van der Waals surface area contributed by atoms with E-state index in [9.17, 15) is 0 Å². The summed E-state index contributed by atoms with van der Waals surface area (Å²) in [6.07, 6.45) is 0. The van der Waals surface area contributed by atoms with Crippen LogP contribution in [0, 0.1) is 0 Å². The van der Waals surface area contributed by atoms with Gasteiger partial charge in [0.25, 0.3) is 0 Å². The van der Waals surface area contributed by atoms with Crippen molar-refractivity contribution in [3.8, 4) is 50.2 Å². The summed E-state index contributed by atoms with van der Waals surface area (Å²) in [4.78, 5) is 0.